The summed E-state index contributed by atoms with van der Waals surface area (Å²) < 4.78 is 5.26. The van der Waals surface area contributed by atoms with Crippen molar-refractivity contribution in [3.05, 3.63) is 51.2 Å². The van der Waals surface area contributed by atoms with E-state index in [0.29, 0.717) is 16.1 Å². The first-order valence-corrected chi connectivity index (χ1v) is 8.86. The van der Waals surface area contributed by atoms with Crippen LogP contribution in [0.25, 0.3) is 0 Å². The van der Waals surface area contributed by atoms with Gasteiger partial charge in [0.05, 0.1) is 5.69 Å². The van der Waals surface area contributed by atoms with Crippen LogP contribution in [0.1, 0.15) is 51.2 Å². The lowest BCUT2D eigenvalue weighted by molar-refractivity contribution is -0.123. The first-order chi connectivity index (χ1) is 11.8. The summed E-state index contributed by atoms with van der Waals surface area (Å²) in [5, 5.41) is 2.64. The minimum absolute atomic E-state index is 0.151. The van der Waals surface area contributed by atoms with Gasteiger partial charge in [-0.25, -0.2) is 4.79 Å². The number of aryl methyl sites for hydroxylation is 2. The van der Waals surface area contributed by atoms with Crippen LogP contribution in [0.2, 0.25) is 0 Å². The summed E-state index contributed by atoms with van der Waals surface area (Å²) in [6.07, 6.45) is -0.131. The molecule has 0 aliphatic rings. The number of esters is 1. The van der Waals surface area contributed by atoms with Gasteiger partial charge in [-0.1, -0.05) is 19.1 Å². The molecule has 0 unspecified atom stereocenters. The molecule has 0 aliphatic carbocycles. The smallest absolute Gasteiger partial charge is 0.349 e. The van der Waals surface area contributed by atoms with Crippen molar-refractivity contribution in [1.29, 1.82) is 0 Å². The third-order valence-electron chi connectivity index (χ3n) is 3.82. The Hall–Kier alpha value is -2.47. The molecular formula is C19H21NO4S. The molecule has 1 aromatic heterocycles. The lowest BCUT2D eigenvalue weighted by Gasteiger charge is -2.14. The van der Waals surface area contributed by atoms with Crippen LogP contribution in [0, 0.1) is 6.92 Å². The molecule has 132 valence electrons. The Morgan fingerprint density at radius 3 is 2.52 bits per heavy atom. The van der Waals surface area contributed by atoms with Crippen LogP contribution < -0.4 is 5.32 Å². The van der Waals surface area contributed by atoms with E-state index in [4.69, 9.17) is 4.74 Å². The Morgan fingerprint density at radius 1 is 1.24 bits per heavy atom. The highest BCUT2D eigenvalue weighted by Gasteiger charge is 2.22. The number of nitrogens with one attached hydrogen (secondary N) is 1. The fraction of sp³-hybridized carbons (Fsp3) is 0.316. The monoisotopic (exact) mass is 359 g/mol. The molecule has 5 nitrogen and oxygen atoms in total. The SMILES string of the molecule is CCc1cc(C(=O)O[C@H](C)C(=O)Nc2ccccc2C(C)=O)sc1C. The van der Waals surface area contributed by atoms with Gasteiger partial charge in [0, 0.05) is 10.4 Å². The first-order valence-electron chi connectivity index (χ1n) is 8.04. The van der Waals surface area contributed by atoms with Crippen LogP contribution in [0.15, 0.2) is 30.3 Å². The first kappa shape index (κ1) is 18.9. The Morgan fingerprint density at radius 2 is 1.92 bits per heavy atom. The van der Waals surface area contributed by atoms with Gasteiger partial charge in [-0.2, -0.15) is 0 Å². The van der Waals surface area contributed by atoms with Crippen molar-refractivity contribution in [3.63, 3.8) is 0 Å². The molecule has 1 atom stereocenters. The molecule has 0 saturated heterocycles. The topological polar surface area (TPSA) is 72.5 Å². The Balaban J connectivity index is 2.05. The molecule has 0 radical (unpaired) electrons. The highest BCUT2D eigenvalue weighted by Crippen LogP contribution is 2.23. The van der Waals surface area contributed by atoms with Crippen LogP contribution in [0.5, 0.6) is 0 Å². The number of ketones is 1. The van der Waals surface area contributed by atoms with Gasteiger partial charge in [-0.3, -0.25) is 9.59 Å². The van der Waals surface area contributed by atoms with Crippen LogP contribution in [-0.2, 0) is 16.0 Å². The molecular weight excluding hydrogens is 338 g/mol. The Kier molecular flexibility index (Phi) is 6.09. The summed E-state index contributed by atoms with van der Waals surface area (Å²) in [6.45, 7) is 6.91. The number of anilines is 1. The molecule has 6 heteroatoms. The fourth-order valence-corrected chi connectivity index (χ4v) is 3.37. The van der Waals surface area contributed by atoms with Gasteiger partial charge in [0.2, 0.25) is 0 Å². The molecule has 25 heavy (non-hydrogen) atoms. The normalized spacial score (nSPS) is 11.7. The van der Waals surface area contributed by atoms with E-state index in [0.717, 1.165) is 16.9 Å². The van der Waals surface area contributed by atoms with Crippen LogP contribution in [-0.4, -0.2) is 23.8 Å². The van der Waals surface area contributed by atoms with Crippen molar-refractivity contribution in [1.82, 2.24) is 0 Å². The second-order valence-corrected chi connectivity index (χ2v) is 6.94. The van der Waals surface area contributed by atoms with E-state index in [9.17, 15) is 14.4 Å². The number of thiophene rings is 1. The zero-order valence-electron chi connectivity index (χ0n) is 14.7. The molecule has 2 rings (SSSR count). The minimum Gasteiger partial charge on any atom is -0.448 e. The largest absolute Gasteiger partial charge is 0.448 e. The number of hydrogen-bond donors (Lipinski definition) is 1. The molecule has 2 aromatic rings. The highest BCUT2D eigenvalue weighted by atomic mass is 32.1. The molecule has 1 aromatic carbocycles. The third kappa shape index (κ3) is 4.54. The quantitative estimate of drug-likeness (QED) is 0.625. The molecule has 0 aliphatic heterocycles. The van der Waals surface area contributed by atoms with E-state index in [1.165, 1.54) is 25.2 Å². The third-order valence-corrected chi connectivity index (χ3v) is 4.89. The maximum absolute atomic E-state index is 12.3. The van der Waals surface area contributed by atoms with Gasteiger partial charge in [0.25, 0.3) is 5.91 Å². The molecule has 0 spiro atoms. The summed E-state index contributed by atoms with van der Waals surface area (Å²) in [5.41, 5.74) is 1.92. The number of para-hydroxylation sites is 1. The van der Waals surface area contributed by atoms with E-state index < -0.39 is 18.0 Å². The van der Waals surface area contributed by atoms with Crippen molar-refractivity contribution in [2.24, 2.45) is 0 Å². The van der Waals surface area contributed by atoms with Gasteiger partial charge in [-0.15, -0.1) is 11.3 Å². The number of amides is 1. The number of hydrogen-bond acceptors (Lipinski definition) is 5. The lowest BCUT2D eigenvalue weighted by Crippen LogP contribution is -2.30. The summed E-state index contributed by atoms with van der Waals surface area (Å²) in [4.78, 5) is 37.7. The molecule has 1 N–H and O–H groups in total. The van der Waals surface area contributed by atoms with Crippen LogP contribution in [0.3, 0.4) is 0 Å². The van der Waals surface area contributed by atoms with Crippen molar-refractivity contribution in [2.75, 3.05) is 5.32 Å². The van der Waals surface area contributed by atoms with Crippen molar-refractivity contribution in [3.8, 4) is 0 Å². The Bertz CT molecular complexity index is 810. The predicted molar refractivity (Wildman–Crippen MR) is 98.4 cm³/mol. The van der Waals surface area contributed by atoms with E-state index in [1.807, 2.05) is 13.8 Å². The number of benzene rings is 1. The standard InChI is InChI=1S/C19H21NO4S/c1-5-14-10-17(25-13(14)4)19(23)24-12(3)18(22)20-16-9-7-6-8-15(16)11(2)21/h6-10,12H,5H2,1-4H3,(H,20,22)/t12-/m1/s1. The number of rotatable bonds is 6. The lowest BCUT2D eigenvalue weighted by atomic mass is 10.1. The Labute approximate surface area is 151 Å². The second-order valence-electron chi connectivity index (χ2n) is 5.68. The maximum Gasteiger partial charge on any atom is 0.349 e. The summed E-state index contributed by atoms with van der Waals surface area (Å²) in [7, 11) is 0. The van der Waals surface area contributed by atoms with Gasteiger partial charge < -0.3 is 10.1 Å². The van der Waals surface area contributed by atoms with Crippen LogP contribution in [0.4, 0.5) is 5.69 Å². The van der Waals surface area contributed by atoms with Crippen molar-refractivity contribution in [2.45, 2.75) is 40.2 Å². The number of carbonyl (C=O) groups is 3. The summed E-state index contributed by atoms with van der Waals surface area (Å²) >= 11 is 1.36. The molecule has 1 heterocycles. The van der Waals surface area contributed by atoms with Crippen molar-refractivity contribution < 1.29 is 19.1 Å². The van der Waals surface area contributed by atoms with E-state index in [2.05, 4.69) is 5.32 Å². The van der Waals surface area contributed by atoms with Crippen LogP contribution >= 0.6 is 11.3 Å². The maximum atomic E-state index is 12.3. The predicted octanol–water partition coefficient (Wildman–Crippen LogP) is 4.01. The molecule has 0 saturated carbocycles. The zero-order chi connectivity index (χ0) is 18.6. The highest BCUT2D eigenvalue weighted by molar-refractivity contribution is 7.14. The molecule has 0 bridgehead atoms. The van der Waals surface area contributed by atoms with Gasteiger partial charge >= 0.3 is 5.97 Å². The number of ether oxygens (including phenoxy) is 1. The molecule has 1 amide bonds. The molecule has 0 fully saturated rings. The summed E-state index contributed by atoms with van der Waals surface area (Å²) in [5.74, 6) is -1.15. The second kappa shape index (κ2) is 8.07. The van der Waals surface area contributed by atoms with Crippen molar-refractivity contribution >= 4 is 34.7 Å². The van der Waals surface area contributed by atoms with E-state index in [1.54, 1.807) is 30.3 Å². The number of Topliss-reactive ketones (excluding diaryl/α,β-unsaturated/α-hetero) is 1. The van der Waals surface area contributed by atoms with E-state index in [-0.39, 0.29) is 5.78 Å². The average molecular weight is 359 g/mol. The number of carbonyl (C=O) groups excluding carboxylic acids is 3. The fourth-order valence-electron chi connectivity index (χ4n) is 2.38. The summed E-state index contributed by atoms with van der Waals surface area (Å²) in [6, 6.07) is 8.52. The van der Waals surface area contributed by atoms with Gasteiger partial charge in [-0.05, 0) is 51.0 Å². The average Bonchev–Trinajstić information content (AvgIpc) is 2.96. The van der Waals surface area contributed by atoms with Gasteiger partial charge in [0.15, 0.2) is 11.9 Å². The van der Waals surface area contributed by atoms with E-state index >= 15 is 0 Å². The van der Waals surface area contributed by atoms with Gasteiger partial charge in [0.1, 0.15) is 4.88 Å². The minimum atomic E-state index is -0.972. The zero-order valence-corrected chi connectivity index (χ0v) is 15.5.